The molecule has 0 atom stereocenters. The highest BCUT2D eigenvalue weighted by Gasteiger charge is 2.21. The van der Waals surface area contributed by atoms with Gasteiger partial charge in [-0.2, -0.15) is 0 Å². The minimum atomic E-state index is -0.168. The third-order valence-corrected chi connectivity index (χ3v) is 5.24. The van der Waals surface area contributed by atoms with Crippen LogP contribution in [0.3, 0.4) is 0 Å². The molecule has 2 aromatic carbocycles. The largest absolute Gasteiger partial charge is 0.492 e. The lowest BCUT2D eigenvalue weighted by molar-refractivity contribution is 0.102. The molecule has 2 aromatic rings. The number of methoxy groups -OCH3 is 1. The van der Waals surface area contributed by atoms with Crippen molar-refractivity contribution in [3.8, 4) is 5.75 Å². The number of nitrogens with one attached hydrogen (secondary N) is 3. The number of carbonyl (C=O) groups is 1. The Bertz CT molecular complexity index is 873. The number of aryl methyl sites for hydroxylation is 1. The molecule has 0 spiro atoms. The van der Waals surface area contributed by atoms with Gasteiger partial charge in [-0.25, -0.2) is 0 Å². The van der Waals surface area contributed by atoms with Crippen molar-refractivity contribution < 1.29 is 9.53 Å². The zero-order valence-corrected chi connectivity index (χ0v) is 18.9. The second-order valence-corrected chi connectivity index (χ2v) is 8.44. The van der Waals surface area contributed by atoms with Crippen molar-refractivity contribution >= 4 is 34.9 Å². The summed E-state index contributed by atoms with van der Waals surface area (Å²) in [5.41, 5.74) is 6.29. The Labute approximate surface area is 172 Å². The Hall–Kier alpha value is -2.34. The first-order chi connectivity index (χ1) is 13.1. The van der Waals surface area contributed by atoms with Gasteiger partial charge in [0.05, 0.1) is 18.5 Å². The van der Waals surface area contributed by atoms with Crippen LogP contribution in [0.4, 0.5) is 17.1 Å². The van der Waals surface area contributed by atoms with E-state index in [1.807, 2.05) is 45.4 Å². The minimum absolute atomic E-state index is 0.0691. The second-order valence-electron chi connectivity index (χ2n) is 7.83. The van der Waals surface area contributed by atoms with Crippen LogP contribution in [0.15, 0.2) is 24.3 Å². The summed E-state index contributed by atoms with van der Waals surface area (Å²) >= 11 is 1.49. The summed E-state index contributed by atoms with van der Waals surface area (Å²) in [6.07, 6.45) is 1.95. The van der Waals surface area contributed by atoms with Gasteiger partial charge in [0, 0.05) is 24.6 Å². The van der Waals surface area contributed by atoms with Crippen molar-refractivity contribution in [3.63, 3.8) is 0 Å². The fourth-order valence-electron chi connectivity index (χ4n) is 3.00. The maximum atomic E-state index is 13.0. The van der Waals surface area contributed by atoms with Crippen molar-refractivity contribution in [2.75, 3.05) is 35.8 Å². The van der Waals surface area contributed by atoms with Gasteiger partial charge < -0.3 is 20.1 Å². The number of carbonyl (C=O) groups excluding carboxylic acids is 1. The molecule has 2 rings (SSSR count). The lowest BCUT2D eigenvalue weighted by Crippen LogP contribution is -2.17. The molecule has 0 bridgehead atoms. The van der Waals surface area contributed by atoms with E-state index in [9.17, 15) is 4.79 Å². The highest BCUT2D eigenvalue weighted by molar-refractivity contribution is 7.99. The van der Waals surface area contributed by atoms with Crippen molar-refractivity contribution in [2.45, 2.75) is 40.0 Å². The smallest absolute Gasteiger partial charge is 0.255 e. The first kappa shape index (κ1) is 22.0. The molecule has 1 amide bonds. The van der Waals surface area contributed by atoms with E-state index in [-0.39, 0.29) is 11.3 Å². The van der Waals surface area contributed by atoms with Crippen LogP contribution < -0.4 is 20.1 Å². The van der Waals surface area contributed by atoms with E-state index in [0.717, 1.165) is 28.1 Å². The second kappa shape index (κ2) is 8.78. The van der Waals surface area contributed by atoms with Gasteiger partial charge in [-0.3, -0.25) is 4.79 Å². The molecule has 0 heterocycles. The molecule has 6 heteroatoms. The molecule has 0 saturated heterocycles. The van der Waals surface area contributed by atoms with Crippen LogP contribution in [-0.2, 0) is 5.41 Å². The number of amides is 1. The third-order valence-electron chi connectivity index (χ3n) is 4.82. The van der Waals surface area contributed by atoms with Crippen LogP contribution in [0, 0.1) is 13.8 Å². The van der Waals surface area contributed by atoms with Crippen LogP contribution >= 0.6 is 11.9 Å². The fourth-order valence-corrected chi connectivity index (χ4v) is 3.38. The third kappa shape index (κ3) is 4.73. The van der Waals surface area contributed by atoms with E-state index in [2.05, 4.69) is 42.2 Å². The Morgan fingerprint density at radius 3 is 2.21 bits per heavy atom. The van der Waals surface area contributed by atoms with E-state index in [1.54, 1.807) is 7.11 Å². The van der Waals surface area contributed by atoms with E-state index < -0.39 is 0 Å². The number of ether oxygens (including phenoxy) is 1. The van der Waals surface area contributed by atoms with Crippen LogP contribution in [0.2, 0.25) is 0 Å². The Morgan fingerprint density at radius 1 is 1.04 bits per heavy atom. The van der Waals surface area contributed by atoms with Gasteiger partial charge in [-0.1, -0.05) is 32.7 Å². The SMILES string of the molecule is CNc1cc(C(=O)Nc2cc(C(C)(C)C)cc(NSC)c2OC)cc(C)c1C. The standard InChI is InChI=1S/C22H31N3O2S/c1-13-9-15(10-17(23-6)14(13)2)21(26)24-18-11-16(22(3,4)5)12-19(25-28-8)20(18)27-7/h9-12,23,25H,1-8H3,(H,24,26). The molecule has 0 aromatic heterocycles. The van der Waals surface area contributed by atoms with Crippen LogP contribution in [0.5, 0.6) is 5.75 Å². The molecule has 0 unspecified atom stereocenters. The number of hydrogen-bond acceptors (Lipinski definition) is 5. The molecule has 0 aliphatic heterocycles. The van der Waals surface area contributed by atoms with Crippen LogP contribution in [0.1, 0.15) is 47.8 Å². The van der Waals surface area contributed by atoms with Gasteiger partial charge in [0.15, 0.2) is 5.75 Å². The van der Waals surface area contributed by atoms with Crippen LogP contribution in [0.25, 0.3) is 0 Å². The summed E-state index contributed by atoms with van der Waals surface area (Å²) in [6, 6.07) is 7.84. The van der Waals surface area contributed by atoms with E-state index in [4.69, 9.17) is 4.74 Å². The molecule has 3 N–H and O–H groups in total. The van der Waals surface area contributed by atoms with Gasteiger partial charge in [-0.15, -0.1) is 0 Å². The molecule has 0 aliphatic rings. The highest BCUT2D eigenvalue weighted by atomic mass is 32.2. The van der Waals surface area contributed by atoms with Crippen LogP contribution in [-0.4, -0.2) is 26.3 Å². The predicted octanol–water partition coefficient (Wildman–Crippen LogP) is 5.59. The van der Waals surface area contributed by atoms with Gasteiger partial charge in [0.2, 0.25) is 0 Å². The minimum Gasteiger partial charge on any atom is -0.492 e. The molecular weight excluding hydrogens is 370 g/mol. The number of benzene rings is 2. The number of rotatable bonds is 6. The maximum Gasteiger partial charge on any atom is 0.255 e. The highest BCUT2D eigenvalue weighted by Crippen LogP contribution is 2.39. The Morgan fingerprint density at radius 2 is 1.68 bits per heavy atom. The van der Waals surface area contributed by atoms with Crippen molar-refractivity contribution in [2.24, 2.45) is 0 Å². The molecule has 152 valence electrons. The van der Waals surface area contributed by atoms with Gasteiger partial charge in [-0.05, 0) is 60.2 Å². The molecule has 0 fully saturated rings. The zero-order valence-electron chi connectivity index (χ0n) is 18.0. The summed E-state index contributed by atoms with van der Waals surface area (Å²) < 4.78 is 8.88. The maximum absolute atomic E-state index is 13.0. The fraction of sp³-hybridized carbons (Fsp3) is 0.409. The summed E-state index contributed by atoms with van der Waals surface area (Å²) in [7, 11) is 3.47. The molecule has 5 nitrogen and oxygen atoms in total. The summed E-state index contributed by atoms with van der Waals surface area (Å²) in [6.45, 7) is 10.5. The Kier molecular flexibility index (Phi) is 6.88. The topological polar surface area (TPSA) is 62.4 Å². The monoisotopic (exact) mass is 401 g/mol. The number of hydrogen-bond donors (Lipinski definition) is 3. The molecule has 0 radical (unpaired) electrons. The normalized spacial score (nSPS) is 11.1. The number of anilines is 3. The summed E-state index contributed by atoms with van der Waals surface area (Å²) in [5, 5.41) is 6.20. The Balaban J connectivity index is 2.51. The average molecular weight is 402 g/mol. The zero-order chi connectivity index (χ0) is 21.1. The van der Waals surface area contributed by atoms with Crippen molar-refractivity contribution in [1.82, 2.24) is 0 Å². The van der Waals surface area contributed by atoms with Gasteiger partial charge in [0.25, 0.3) is 5.91 Å². The summed E-state index contributed by atoms with van der Waals surface area (Å²) in [4.78, 5) is 13.0. The van der Waals surface area contributed by atoms with E-state index in [1.165, 1.54) is 11.9 Å². The van der Waals surface area contributed by atoms with Gasteiger partial charge >= 0.3 is 0 Å². The molecular formula is C22H31N3O2S. The van der Waals surface area contributed by atoms with Crippen molar-refractivity contribution in [3.05, 3.63) is 46.5 Å². The average Bonchev–Trinajstić information content (AvgIpc) is 2.63. The van der Waals surface area contributed by atoms with E-state index in [0.29, 0.717) is 17.0 Å². The summed E-state index contributed by atoms with van der Waals surface area (Å²) in [5.74, 6) is 0.451. The lowest BCUT2D eigenvalue weighted by atomic mass is 9.86. The lowest BCUT2D eigenvalue weighted by Gasteiger charge is -2.24. The van der Waals surface area contributed by atoms with Crippen molar-refractivity contribution in [1.29, 1.82) is 0 Å². The first-order valence-corrected chi connectivity index (χ1v) is 10.5. The molecule has 0 saturated carbocycles. The predicted molar refractivity (Wildman–Crippen MR) is 122 cm³/mol. The first-order valence-electron chi connectivity index (χ1n) is 9.24. The quantitative estimate of drug-likeness (QED) is 0.551. The molecule has 0 aliphatic carbocycles. The van der Waals surface area contributed by atoms with E-state index >= 15 is 0 Å². The molecule has 28 heavy (non-hydrogen) atoms. The van der Waals surface area contributed by atoms with Gasteiger partial charge in [0.1, 0.15) is 0 Å².